The van der Waals surface area contributed by atoms with Gasteiger partial charge in [-0.05, 0) is 36.4 Å². The first kappa shape index (κ1) is 16.3. The van der Waals surface area contributed by atoms with E-state index in [0.717, 1.165) is 39.6 Å². The predicted octanol–water partition coefficient (Wildman–Crippen LogP) is 2.66. The van der Waals surface area contributed by atoms with Crippen molar-refractivity contribution < 1.29 is 4.74 Å². The number of benzene rings is 1. The molecule has 0 fully saturated rings. The molecule has 114 valence electrons. The summed E-state index contributed by atoms with van der Waals surface area (Å²) in [4.78, 5) is 1.05. The van der Waals surface area contributed by atoms with Gasteiger partial charge in [-0.3, -0.25) is 0 Å². The molecule has 2 rings (SSSR count). The van der Waals surface area contributed by atoms with E-state index in [9.17, 15) is 0 Å². The lowest BCUT2D eigenvalue weighted by molar-refractivity contribution is 0.199. The molecule has 7 heteroatoms. The highest BCUT2D eigenvalue weighted by atomic mass is 35.5. The molecule has 0 aliphatic carbocycles. The summed E-state index contributed by atoms with van der Waals surface area (Å²) in [6.45, 7) is 4.16. The van der Waals surface area contributed by atoms with Gasteiger partial charge in [0, 0.05) is 37.2 Å². The summed E-state index contributed by atoms with van der Waals surface area (Å²) in [5, 5.41) is 13.1. The summed E-state index contributed by atoms with van der Waals surface area (Å²) >= 11 is 7.88. The second-order valence-corrected chi connectivity index (χ2v) is 6.06. The fourth-order valence-electron chi connectivity index (χ4n) is 1.71. The van der Waals surface area contributed by atoms with Crippen molar-refractivity contribution in [2.24, 2.45) is 7.05 Å². The Morgan fingerprint density at radius 3 is 2.81 bits per heavy atom. The van der Waals surface area contributed by atoms with Crippen molar-refractivity contribution in [3.63, 3.8) is 0 Å². The molecule has 1 aromatic carbocycles. The highest BCUT2D eigenvalue weighted by molar-refractivity contribution is 7.99. The average Bonchev–Trinajstić information content (AvgIpc) is 2.77. The van der Waals surface area contributed by atoms with E-state index in [0.29, 0.717) is 6.61 Å². The van der Waals surface area contributed by atoms with Crippen LogP contribution in [-0.2, 0) is 18.3 Å². The van der Waals surface area contributed by atoms with Crippen LogP contribution in [0.15, 0.2) is 28.3 Å². The van der Waals surface area contributed by atoms with Crippen molar-refractivity contribution in [2.45, 2.75) is 23.5 Å². The number of nitrogens with one attached hydrogen (secondary N) is 1. The molecule has 21 heavy (non-hydrogen) atoms. The Morgan fingerprint density at radius 1 is 1.38 bits per heavy atom. The zero-order chi connectivity index (χ0) is 15.2. The highest BCUT2D eigenvalue weighted by Gasteiger charge is 2.08. The van der Waals surface area contributed by atoms with E-state index in [4.69, 9.17) is 16.3 Å². The quantitative estimate of drug-likeness (QED) is 0.793. The maximum atomic E-state index is 6.33. The van der Waals surface area contributed by atoms with Crippen molar-refractivity contribution in [2.75, 3.05) is 20.3 Å². The minimum absolute atomic E-state index is 0.692. The van der Waals surface area contributed by atoms with Gasteiger partial charge in [-0.15, -0.1) is 10.2 Å². The van der Waals surface area contributed by atoms with E-state index in [2.05, 4.69) is 15.5 Å². The van der Waals surface area contributed by atoms with Crippen LogP contribution < -0.4 is 5.32 Å². The third kappa shape index (κ3) is 4.44. The van der Waals surface area contributed by atoms with Crippen LogP contribution in [0.2, 0.25) is 5.02 Å². The van der Waals surface area contributed by atoms with Gasteiger partial charge in [-0.1, -0.05) is 17.7 Å². The minimum atomic E-state index is 0.692. The van der Waals surface area contributed by atoms with Crippen LogP contribution in [0.4, 0.5) is 0 Å². The third-order valence-corrected chi connectivity index (χ3v) is 4.46. The van der Waals surface area contributed by atoms with Crippen LogP contribution in [0.3, 0.4) is 0 Å². The Labute approximate surface area is 134 Å². The topological polar surface area (TPSA) is 52.0 Å². The van der Waals surface area contributed by atoms with Gasteiger partial charge in [0.1, 0.15) is 5.82 Å². The molecule has 0 saturated carbocycles. The molecular formula is C14H19ClN4OS. The maximum absolute atomic E-state index is 6.33. The van der Waals surface area contributed by atoms with Crippen LogP contribution in [0, 0.1) is 6.92 Å². The highest BCUT2D eigenvalue weighted by Crippen LogP contribution is 2.29. The number of methoxy groups -OCH3 is 1. The van der Waals surface area contributed by atoms with Gasteiger partial charge in [-0.25, -0.2) is 0 Å². The van der Waals surface area contributed by atoms with Gasteiger partial charge in [0.2, 0.25) is 0 Å². The smallest absolute Gasteiger partial charge is 0.195 e. The van der Waals surface area contributed by atoms with Crippen LogP contribution in [0.5, 0.6) is 0 Å². The van der Waals surface area contributed by atoms with Gasteiger partial charge in [0.15, 0.2) is 5.16 Å². The second kappa shape index (κ2) is 7.79. The summed E-state index contributed by atoms with van der Waals surface area (Å²) in [5.41, 5.74) is 1.08. The molecular weight excluding hydrogens is 308 g/mol. The van der Waals surface area contributed by atoms with Gasteiger partial charge in [-0.2, -0.15) is 0 Å². The molecule has 1 aromatic heterocycles. The van der Waals surface area contributed by atoms with E-state index in [1.54, 1.807) is 18.9 Å². The van der Waals surface area contributed by atoms with Crippen LogP contribution in [-0.4, -0.2) is 35.0 Å². The molecule has 0 aliphatic heterocycles. The monoisotopic (exact) mass is 326 g/mol. The average molecular weight is 327 g/mol. The van der Waals surface area contributed by atoms with E-state index in [1.165, 1.54) is 0 Å². The fourth-order valence-corrected chi connectivity index (χ4v) is 2.90. The first-order valence-electron chi connectivity index (χ1n) is 6.63. The zero-order valence-electron chi connectivity index (χ0n) is 12.4. The number of hydrogen-bond donors (Lipinski definition) is 1. The van der Waals surface area contributed by atoms with Gasteiger partial charge < -0.3 is 14.6 Å². The van der Waals surface area contributed by atoms with Crippen molar-refractivity contribution >= 4 is 23.4 Å². The van der Waals surface area contributed by atoms with E-state index >= 15 is 0 Å². The molecule has 0 saturated heterocycles. The SMILES string of the molecule is COCCNCc1ccc(Sc2nnc(C)n2C)cc1Cl. The molecule has 0 aliphatic rings. The second-order valence-electron chi connectivity index (χ2n) is 4.61. The van der Waals surface area contributed by atoms with E-state index in [1.807, 2.05) is 36.7 Å². The summed E-state index contributed by atoms with van der Waals surface area (Å²) < 4.78 is 6.95. The first-order chi connectivity index (χ1) is 10.1. The van der Waals surface area contributed by atoms with Crippen LogP contribution >= 0.6 is 23.4 Å². The standard InChI is InChI=1S/C14H19ClN4OS/c1-10-17-18-14(19(10)2)21-12-5-4-11(13(15)8-12)9-16-6-7-20-3/h4-5,8,16H,6-7,9H2,1-3H3. The predicted molar refractivity (Wildman–Crippen MR) is 84.9 cm³/mol. The lowest BCUT2D eigenvalue weighted by Gasteiger charge is -2.08. The molecule has 0 spiro atoms. The molecule has 0 atom stereocenters. The number of nitrogens with zero attached hydrogens (tertiary/aromatic N) is 3. The Bertz CT molecular complexity index is 603. The van der Waals surface area contributed by atoms with Crippen LogP contribution in [0.1, 0.15) is 11.4 Å². The van der Waals surface area contributed by atoms with Gasteiger partial charge >= 0.3 is 0 Å². The van der Waals surface area contributed by atoms with Crippen LogP contribution in [0.25, 0.3) is 0 Å². The molecule has 0 unspecified atom stereocenters. The van der Waals surface area contributed by atoms with E-state index in [-0.39, 0.29) is 0 Å². The normalized spacial score (nSPS) is 11.0. The molecule has 1 heterocycles. The Kier molecular flexibility index (Phi) is 6.05. The minimum Gasteiger partial charge on any atom is -0.383 e. The lowest BCUT2D eigenvalue weighted by atomic mass is 10.2. The zero-order valence-corrected chi connectivity index (χ0v) is 14.0. The Morgan fingerprint density at radius 2 is 2.19 bits per heavy atom. The largest absolute Gasteiger partial charge is 0.383 e. The lowest BCUT2D eigenvalue weighted by Crippen LogP contribution is -2.18. The first-order valence-corrected chi connectivity index (χ1v) is 7.83. The Balaban J connectivity index is 2.00. The number of aryl methyl sites for hydroxylation is 1. The summed E-state index contributed by atoms with van der Waals surface area (Å²) in [6.07, 6.45) is 0. The Hall–Kier alpha value is -1.08. The summed E-state index contributed by atoms with van der Waals surface area (Å²) in [5.74, 6) is 0.891. The number of halogens is 1. The van der Waals surface area contributed by atoms with Crippen molar-refractivity contribution in [1.82, 2.24) is 20.1 Å². The number of ether oxygens (including phenoxy) is 1. The molecule has 0 bridgehead atoms. The fraction of sp³-hybridized carbons (Fsp3) is 0.429. The third-order valence-electron chi connectivity index (χ3n) is 3.08. The molecule has 0 radical (unpaired) electrons. The van der Waals surface area contributed by atoms with E-state index < -0.39 is 0 Å². The molecule has 5 nitrogen and oxygen atoms in total. The van der Waals surface area contributed by atoms with Crippen molar-refractivity contribution in [3.8, 4) is 0 Å². The number of rotatable bonds is 7. The molecule has 2 aromatic rings. The van der Waals surface area contributed by atoms with Crippen molar-refractivity contribution in [3.05, 3.63) is 34.6 Å². The summed E-state index contributed by atoms with van der Waals surface area (Å²) in [7, 11) is 3.64. The van der Waals surface area contributed by atoms with Crippen molar-refractivity contribution in [1.29, 1.82) is 0 Å². The maximum Gasteiger partial charge on any atom is 0.195 e. The molecule has 1 N–H and O–H groups in total. The van der Waals surface area contributed by atoms with Gasteiger partial charge in [0.25, 0.3) is 0 Å². The summed E-state index contributed by atoms with van der Waals surface area (Å²) in [6, 6.07) is 6.05. The molecule has 0 amide bonds. The van der Waals surface area contributed by atoms with Gasteiger partial charge in [0.05, 0.1) is 6.61 Å². The number of hydrogen-bond acceptors (Lipinski definition) is 5. The number of aromatic nitrogens is 3.